The number of carbonyl (C=O) groups is 1. The Morgan fingerprint density at radius 2 is 1.73 bits per heavy atom. The van der Waals surface area contributed by atoms with Crippen LogP contribution in [0.5, 0.6) is 5.75 Å². The molecule has 1 aromatic rings. The van der Waals surface area contributed by atoms with Crippen LogP contribution < -0.4 is 4.74 Å². The summed E-state index contributed by atoms with van der Waals surface area (Å²) in [6.45, 7) is 12.3. The first-order valence-electron chi connectivity index (χ1n) is 9.19. The third-order valence-electron chi connectivity index (χ3n) is 4.09. The van der Waals surface area contributed by atoms with Gasteiger partial charge in [0.25, 0.3) is 0 Å². The first-order chi connectivity index (χ1) is 12.1. The second-order valence-corrected chi connectivity index (χ2v) is 9.94. The molecule has 0 aliphatic rings. The van der Waals surface area contributed by atoms with Crippen molar-refractivity contribution >= 4 is 16.9 Å². The standard InChI is InChI=1S/C21H34O4S/c1-14(2)20(15(3)13-22)25-18(12-19(23)26-21(4,5)6)16-8-10-17(24-7)11-9-16/h8-11,14-15,18,20,22H,12-13H2,1-7H3/t15-,18-,20+/m0/s1. The molecular weight excluding hydrogens is 348 g/mol. The molecular formula is C21H34O4S. The fourth-order valence-corrected chi connectivity index (χ4v) is 3.76. The Labute approximate surface area is 162 Å². The van der Waals surface area contributed by atoms with Crippen LogP contribution in [0.1, 0.15) is 59.6 Å². The van der Waals surface area contributed by atoms with Crippen molar-refractivity contribution < 1.29 is 19.4 Å². The van der Waals surface area contributed by atoms with Crippen molar-refractivity contribution in [3.8, 4) is 5.75 Å². The van der Waals surface area contributed by atoms with Crippen LogP contribution in [0.2, 0.25) is 0 Å². The Morgan fingerprint density at radius 1 is 1.15 bits per heavy atom. The number of benzene rings is 1. The molecule has 0 aliphatic carbocycles. The number of ether oxygens (including phenoxy) is 2. The fourth-order valence-electron chi connectivity index (χ4n) is 2.84. The summed E-state index contributed by atoms with van der Waals surface area (Å²) in [6.07, 6.45) is -0.167. The van der Waals surface area contributed by atoms with Crippen LogP contribution in [0.4, 0.5) is 0 Å². The minimum atomic E-state index is -0.343. The Balaban J connectivity index is 3.04. The summed E-state index contributed by atoms with van der Waals surface area (Å²) in [5, 5.41) is 9.68. The number of hydrogen-bond acceptors (Lipinski definition) is 5. The second kappa shape index (κ2) is 10.3. The normalized spacial score (nSPS) is 15.6. The van der Waals surface area contributed by atoms with Crippen molar-refractivity contribution in [1.29, 1.82) is 0 Å². The predicted octanol–water partition coefficient (Wildman–Crippen LogP) is 4.85. The van der Waals surface area contributed by atoms with Crippen LogP contribution >= 0.6 is 11.8 Å². The van der Waals surface area contributed by atoms with Crippen molar-refractivity contribution in [2.45, 2.75) is 64.9 Å². The maximum atomic E-state index is 12.6. The van der Waals surface area contributed by atoms with E-state index >= 15 is 0 Å². The van der Waals surface area contributed by atoms with Gasteiger partial charge in [0, 0.05) is 23.7 Å². The Morgan fingerprint density at radius 3 is 2.15 bits per heavy atom. The zero-order chi connectivity index (χ0) is 19.9. The molecule has 5 heteroatoms. The van der Waals surface area contributed by atoms with Crippen molar-refractivity contribution in [1.82, 2.24) is 0 Å². The number of carbonyl (C=O) groups excluding carboxylic acids is 1. The van der Waals surface area contributed by atoms with Gasteiger partial charge in [-0.25, -0.2) is 0 Å². The lowest BCUT2D eigenvalue weighted by molar-refractivity contribution is -0.119. The molecule has 148 valence electrons. The third kappa shape index (κ3) is 7.68. The number of rotatable bonds is 9. The molecule has 0 bridgehead atoms. The molecule has 1 aromatic carbocycles. The summed E-state index contributed by atoms with van der Waals surface area (Å²) in [6, 6.07) is 7.65. The van der Waals surface area contributed by atoms with E-state index in [1.165, 1.54) is 11.8 Å². The zero-order valence-corrected chi connectivity index (χ0v) is 17.9. The van der Waals surface area contributed by atoms with E-state index in [-0.39, 0.29) is 40.5 Å². The molecule has 0 aliphatic heterocycles. The van der Waals surface area contributed by atoms with Gasteiger partial charge in [-0.3, -0.25) is 4.79 Å². The number of aliphatic hydroxyl groups excluding tert-OH is 1. The van der Waals surface area contributed by atoms with E-state index in [1.807, 2.05) is 52.0 Å². The SMILES string of the molecule is COc1ccc([C@H](CC(=O)SC(C)(C)C)O[C@H](C(C)C)[C@@H](C)CO)cc1. The lowest BCUT2D eigenvalue weighted by Crippen LogP contribution is -2.32. The zero-order valence-electron chi connectivity index (χ0n) is 17.1. The Hall–Kier alpha value is -1.04. The second-order valence-electron chi connectivity index (χ2n) is 8.06. The summed E-state index contributed by atoms with van der Waals surface area (Å²) in [4.78, 5) is 12.6. The first kappa shape index (κ1) is 23.0. The lowest BCUT2D eigenvalue weighted by atomic mass is 9.94. The highest BCUT2D eigenvalue weighted by atomic mass is 32.2. The average Bonchev–Trinajstić information content (AvgIpc) is 2.56. The number of thioether (sulfide) groups is 1. The van der Waals surface area contributed by atoms with Crippen molar-refractivity contribution in [3.63, 3.8) is 0 Å². The van der Waals surface area contributed by atoms with Gasteiger partial charge in [0.1, 0.15) is 5.75 Å². The van der Waals surface area contributed by atoms with Crippen molar-refractivity contribution in [2.75, 3.05) is 13.7 Å². The Kier molecular flexibility index (Phi) is 9.14. The molecule has 3 atom stereocenters. The summed E-state index contributed by atoms with van der Waals surface area (Å²) in [5.41, 5.74) is 0.949. The highest BCUT2D eigenvalue weighted by Gasteiger charge is 2.28. The van der Waals surface area contributed by atoms with E-state index in [0.29, 0.717) is 6.42 Å². The number of methoxy groups -OCH3 is 1. The highest BCUT2D eigenvalue weighted by molar-refractivity contribution is 8.14. The molecule has 0 amide bonds. The molecule has 0 saturated heterocycles. The lowest BCUT2D eigenvalue weighted by Gasteiger charge is -2.31. The molecule has 0 aromatic heterocycles. The largest absolute Gasteiger partial charge is 0.497 e. The van der Waals surface area contributed by atoms with Gasteiger partial charge in [-0.2, -0.15) is 0 Å². The molecule has 0 saturated carbocycles. The number of aliphatic hydroxyl groups is 1. The smallest absolute Gasteiger partial charge is 0.192 e. The molecule has 1 N–H and O–H groups in total. The molecule has 26 heavy (non-hydrogen) atoms. The molecule has 1 rings (SSSR count). The summed E-state index contributed by atoms with van der Waals surface area (Å²) >= 11 is 1.34. The van der Waals surface area contributed by atoms with Gasteiger partial charge in [0.05, 0.1) is 19.3 Å². The minimum Gasteiger partial charge on any atom is -0.497 e. The van der Waals surface area contributed by atoms with Gasteiger partial charge in [-0.1, -0.05) is 65.4 Å². The van der Waals surface area contributed by atoms with E-state index in [1.54, 1.807) is 7.11 Å². The van der Waals surface area contributed by atoms with E-state index < -0.39 is 0 Å². The van der Waals surface area contributed by atoms with Crippen LogP contribution in [0.3, 0.4) is 0 Å². The molecule has 0 unspecified atom stereocenters. The van der Waals surface area contributed by atoms with Crippen LogP contribution in [0, 0.1) is 11.8 Å². The molecule has 0 heterocycles. The Bertz CT molecular complexity index is 548. The number of hydrogen-bond donors (Lipinski definition) is 1. The average molecular weight is 383 g/mol. The van der Waals surface area contributed by atoms with Gasteiger partial charge in [-0.05, 0) is 23.6 Å². The fraction of sp³-hybridized carbons (Fsp3) is 0.667. The van der Waals surface area contributed by atoms with Crippen molar-refractivity contribution in [2.24, 2.45) is 11.8 Å². The van der Waals surface area contributed by atoms with Crippen LogP contribution in [-0.4, -0.2) is 34.8 Å². The molecule has 0 spiro atoms. The molecule has 0 radical (unpaired) electrons. The van der Waals surface area contributed by atoms with Crippen LogP contribution in [-0.2, 0) is 9.53 Å². The monoisotopic (exact) mass is 382 g/mol. The molecule has 4 nitrogen and oxygen atoms in total. The van der Waals surface area contributed by atoms with E-state index in [2.05, 4.69) is 13.8 Å². The van der Waals surface area contributed by atoms with E-state index in [9.17, 15) is 9.90 Å². The van der Waals surface area contributed by atoms with E-state index in [4.69, 9.17) is 9.47 Å². The van der Waals surface area contributed by atoms with Gasteiger partial charge in [-0.15, -0.1) is 0 Å². The van der Waals surface area contributed by atoms with Gasteiger partial charge >= 0.3 is 0 Å². The van der Waals surface area contributed by atoms with Crippen molar-refractivity contribution in [3.05, 3.63) is 29.8 Å². The predicted molar refractivity (Wildman–Crippen MR) is 109 cm³/mol. The highest BCUT2D eigenvalue weighted by Crippen LogP contribution is 2.33. The first-order valence-corrected chi connectivity index (χ1v) is 10.0. The van der Waals surface area contributed by atoms with Crippen LogP contribution in [0.25, 0.3) is 0 Å². The maximum Gasteiger partial charge on any atom is 0.192 e. The maximum absolute atomic E-state index is 12.6. The minimum absolute atomic E-state index is 0.00104. The topological polar surface area (TPSA) is 55.8 Å². The third-order valence-corrected chi connectivity index (χ3v) is 5.09. The quantitative estimate of drug-likeness (QED) is 0.661. The van der Waals surface area contributed by atoms with Crippen LogP contribution in [0.15, 0.2) is 24.3 Å². The van der Waals surface area contributed by atoms with Gasteiger partial charge in [0.15, 0.2) is 5.12 Å². The summed E-state index contributed by atoms with van der Waals surface area (Å²) < 4.78 is 11.5. The van der Waals surface area contributed by atoms with Gasteiger partial charge < -0.3 is 14.6 Å². The summed E-state index contributed by atoms with van der Waals surface area (Å²) in [5.74, 6) is 1.01. The summed E-state index contributed by atoms with van der Waals surface area (Å²) in [7, 11) is 1.63. The van der Waals surface area contributed by atoms with Gasteiger partial charge in [0.2, 0.25) is 0 Å². The molecule has 0 fully saturated rings. The van der Waals surface area contributed by atoms with E-state index in [0.717, 1.165) is 11.3 Å².